The average molecular weight is 463 g/mol. The van der Waals surface area contributed by atoms with Crippen molar-refractivity contribution < 1.29 is 43.3 Å². The van der Waals surface area contributed by atoms with E-state index in [1.165, 1.54) is 56.1 Å². The van der Waals surface area contributed by atoms with Crippen molar-refractivity contribution in [2.24, 2.45) is 9.50 Å². The number of nitrogens with zero attached hydrogens (tertiary/aromatic N) is 2. The molecule has 1 amide bonds. The third-order valence-corrected chi connectivity index (χ3v) is 7.56. The maximum Gasteiger partial charge on any atom is 1.00 e. The van der Waals surface area contributed by atoms with E-state index < -0.39 is 9.92 Å². The van der Waals surface area contributed by atoms with E-state index in [1.54, 1.807) is 30.4 Å². The van der Waals surface area contributed by atoms with Gasteiger partial charge in [0.15, 0.2) is 0 Å². The van der Waals surface area contributed by atoms with Gasteiger partial charge >= 0.3 is 29.6 Å². The van der Waals surface area contributed by atoms with Crippen molar-refractivity contribution in [1.82, 2.24) is 4.90 Å². The molecule has 166 valence electrons. The Morgan fingerprint density at radius 3 is 2.25 bits per heavy atom. The largest absolute Gasteiger partial charge is 1.00 e. The Kier molecular flexibility index (Phi) is 9.09. The van der Waals surface area contributed by atoms with E-state index in [2.05, 4.69) is 21.4 Å². The molecule has 1 atom stereocenters. The van der Waals surface area contributed by atoms with E-state index in [0.717, 1.165) is 25.2 Å². The summed E-state index contributed by atoms with van der Waals surface area (Å²) in [7, 11) is -1.43. The zero-order chi connectivity index (χ0) is 21.8. The van der Waals surface area contributed by atoms with Gasteiger partial charge in [-0.05, 0) is 17.7 Å². The van der Waals surface area contributed by atoms with Gasteiger partial charge in [0.05, 0.1) is 11.0 Å². The minimum absolute atomic E-state index is 0. The maximum atomic E-state index is 11.8. The van der Waals surface area contributed by atoms with E-state index in [4.69, 9.17) is 9.88 Å². The van der Waals surface area contributed by atoms with Gasteiger partial charge in [-0.25, -0.2) is 9.35 Å². The molecule has 8 heteroatoms. The van der Waals surface area contributed by atoms with Crippen molar-refractivity contribution in [3.8, 4) is 0 Å². The second kappa shape index (κ2) is 11.4. The predicted molar refractivity (Wildman–Crippen MR) is 121 cm³/mol. The number of aryl methyl sites for hydroxylation is 4. The normalized spacial score (nSPS) is 18.8. The standard InChI is InChI=1S/C12H16N3O3S.C12H13.Na/c1-18-11-7-15(8-11)6-10-2-4-12(5-3-10)19(13,17)14-9-16;1-3-9-7-11-5-2-6-12(11)8-10(9)4-1;/h2-5,11H,6-8H2,1H3,(H2,13,14,16,17);7H,1-6H2;/q2*-1;+1. The van der Waals surface area contributed by atoms with Gasteiger partial charge in [0.2, 0.25) is 0 Å². The first-order chi connectivity index (χ1) is 15.0. The Morgan fingerprint density at radius 2 is 1.72 bits per heavy atom. The molecule has 32 heavy (non-hydrogen) atoms. The van der Waals surface area contributed by atoms with E-state index in [9.17, 15) is 9.00 Å². The first-order valence-electron chi connectivity index (χ1n) is 10.8. The van der Waals surface area contributed by atoms with Crippen LogP contribution in [-0.4, -0.2) is 41.8 Å². The number of hydrogen-bond acceptors (Lipinski definition) is 4. The predicted octanol–water partition coefficient (Wildman–Crippen LogP) is -0.247. The number of fused-ring (bicyclic) bond motifs is 2. The average Bonchev–Trinajstić information content (AvgIpc) is 3.37. The van der Waals surface area contributed by atoms with Gasteiger partial charge in [-0.2, -0.15) is 34.4 Å². The van der Waals surface area contributed by atoms with Crippen LogP contribution in [0.15, 0.2) is 39.6 Å². The van der Waals surface area contributed by atoms with Crippen LogP contribution in [0.1, 0.15) is 40.7 Å². The van der Waals surface area contributed by atoms with Crippen molar-refractivity contribution in [3.63, 3.8) is 0 Å². The van der Waals surface area contributed by atoms with E-state index in [-0.39, 0.29) is 29.6 Å². The summed E-state index contributed by atoms with van der Waals surface area (Å²) in [6, 6.07) is 13.0. The molecule has 1 saturated heterocycles. The van der Waals surface area contributed by atoms with Crippen molar-refractivity contribution in [1.29, 1.82) is 0 Å². The molecule has 0 bridgehead atoms. The molecule has 1 fully saturated rings. The Bertz CT molecular complexity index is 999. The van der Waals surface area contributed by atoms with Crippen LogP contribution in [0, 0.1) is 6.07 Å². The second-order valence-corrected chi connectivity index (χ2v) is 10.2. The van der Waals surface area contributed by atoms with Gasteiger partial charge in [0, 0.05) is 26.7 Å². The fourth-order valence-electron chi connectivity index (χ4n) is 4.49. The fourth-order valence-corrected chi connectivity index (χ4v) is 5.23. The second-order valence-electron chi connectivity index (χ2n) is 8.43. The number of benzene rings is 2. The summed E-state index contributed by atoms with van der Waals surface area (Å²) in [6.45, 7) is 2.64. The number of ether oxygens (including phenoxy) is 1. The molecule has 5 rings (SSSR count). The Morgan fingerprint density at radius 1 is 1.12 bits per heavy atom. The Hall–Kier alpha value is -1.06. The van der Waals surface area contributed by atoms with Crippen LogP contribution < -0.4 is 34.7 Å². The molecule has 2 aromatic carbocycles. The summed E-state index contributed by atoms with van der Waals surface area (Å²) >= 11 is 0. The number of methoxy groups -OCH3 is 1. The van der Waals surface area contributed by atoms with Gasteiger partial charge in [-0.1, -0.05) is 50.7 Å². The van der Waals surface area contributed by atoms with Gasteiger partial charge in [-0.3, -0.25) is 4.90 Å². The molecule has 3 aliphatic rings. The summed E-state index contributed by atoms with van der Waals surface area (Å²) in [5.74, 6) is 0. The van der Waals surface area contributed by atoms with E-state index >= 15 is 0 Å². The number of rotatable bonds is 5. The molecule has 6 nitrogen and oxygen atoms in total. The van der Waals surface area contributed by atoms with Gasteiger partial charge in [-0.15, -0.1) is 6.41 Å². The van der Waals surface area contributed by atoms with Crippen molar-refractivity contribution in [3.05, 3.63) is 64.2 Å². The third kappa shape index (κ3) is 6.08. The molecule has 1 unspecified atom stereocenters. The van der Waals surface area contributed by atoms with Crippen LogP contribution in [-0.2, 0) is 51.7 Å². The molecule has 1 aliphatic heterocycles. The van der Waals surface area contributed by atoms with Crippen LogP contribution in [0.2, 0.25) is 0 Å². The molecule has 0 aromatic heterocycles. The molecule has 1 heterocycles. The minimum atomic E-state index is -3.14. The summed E-state index contributed by atoms with van der Waals surface area (Å²) in [5.41, 5.74) is 7.32. The number of hydrogen-bond donors (Lipinski definition) is 1. The van der Waals surface area contributed by atoms with Crippen LogP contribution in [0.25, 0.3) is 0 Å². The molecule has 2 aromatic rings. The first-order valence-corrected chi connectivity index (χ1v) is 12.4. The van der Waals surface area contributed by atoms with E-state index in [0.29, 0.717) is 11.0 Å². The Balaban J connectivity index is 0.000000190. The van der Waals surface area contributed by atoms with Gasteiger partial charge in [0.1, 0.15) is 9.92 Å². The smallest absolute Gasteiger partial charge is 0.517 e. The molecular formula is C24H29N3NaO3S-. The Labute approximate surface area is 213 Å². The number of likely N-dealkylation sites (tertiary alicyclic amines) is 1. The maximum absolute atomic E-state index is 11.8. The fraction of sp³-hybridized carbons (Fsp3) is 0.458. The molecule has 0 saturated carbocycles. The molecular weight excluding hydrogens is 433 g/mol. The minimum Gasteiger partial charge on any atom is -0.517 e. The van der Waals surface area contributed by atoms with E-state index in [1.807, 2.05) is 12.1 Å². The number of nitrogens with two attached hydrogens (primary N) is 1. The van der Waals surface area contributed by atoms with Gasteiger partial charge in [0.25, 0.3) is 0 Å². The first kappa shape index (κ1) is 25.6. The zero-order valence-electron chi connectivity index (χ0n) is 18.9. The number of carbonyl (C=O) groups excluding carboxylic acids is 1. The van der Waals surface area contributed by atoms with Crippen molar-refractivity contribution in [2.45, 2.75) is 56.1 Å². The van der Waals surface area contributed by atoms with Crippen molar-refractivity contribution >= 4 is 16.3 Å². The number of amides is 1. The summed E-state index contributed by atoms with van der Waals surface area (Å²) in [5, 5.41) is 5.45. The molecule has 2 N–H and O–H groups in total. The van der Waals surface area contributed by atoms with Crippen LogP contribution in [0.3, 0.4) is 0 Å². The third-order valence-electron chi connectivity index (χ3n) is 6.27. The quantitative estimate of drug-likeness (QED) is 0.491. The van der Waals surface area contributed by atoms with Crippen LogP contribution in [0.4, 0.5) is 0 Å². The topological polar surface area (TPSA) is 85.0 Å². The monoisotopic (exact) mass is 462 g/mol. The van der Waals surface area contributed by atoms with Crippen LogP contribution >= 0.6 is 0 Å². The van der Waals surface area contributed by atoms with Crippen molar-refractivity contribution in [2.75, 3.05) is 20.2 Å². The van der Waals surface area contributed by atoms with Gasteiger partial charge < -0.3 is 13.9 Å². The summed E-state index contributed by atoms with van der Waals surface area (Å²) in [4.78, 5) is 12.7. The molecule has 0 radical (unpaired) electrons. The summed E-state index contributed by atoms with van der Waals surface area (Å²) in [6.07, 6.45) is 9.44. The molecule has 2 aliphatic carbocycles. The SMILES string of the molecule is COC1CN(Cc2ccc(S(N)(=O)=N[C-]=O)cc2)C1.[Na+].[c-]1c2c(cc3c1CCC3)CCC2. The molecule has 0 spiro atoms. The summed E-state index contributed by atoms with van der Waals surface area (Å²) < 4.78 is 20.1. The zero-order valence-corrected chi connectivity index (χ0v) is 21.7. The van der Waals surface area contributed by atoms with Crippen LogP contribution in [0.5, 0.6) is 0 Å².